The van der Waals surface area contributed by atoms with E-state index < -0.39 is 4.92 Å². The summed E-state index contributed by atoms with van der Waals surface area (Å²) in [5.74, 6) is 0.463. The molecular formula is C15H20N2O2. The molecule has 1 aromatic carbocycles. The fourth-order valence-corrected chi connectivity index (χ4v) is 2.85. The zero-order valence-corrected chi connectivity index (χ0v) is 11.9. The minimum absolute atomic E-state index is 0.143. The van der Waals surface area contributed by atoms with Crippen molar-refractivity contribution in [2.75, 3.05) is 11.9 Å². The maximum absolute atomic E-state index is 10.4. The van der Waals surface area contributed by atoms with Crippen molar-refractivity contribution in [3.63, 3.8) is 0 Å². The topological polar surface area (TPSA) is 46.4 Å². The largest absolute Gasteiger partial charge is 0.369 e. The van der Waals surface area contributed by atoms with Crippen molar-refractivity contribution < 1.29 is 4.92 Å². The highest BCUT2D eigenvalue weighted by atomic mass is 16.6. The second-order valence-electron chi connectivity index (χ2n) is 5.90. The van der Waals surface area contributed by atoms with E-state index in [1.165, 1.54) is 11.3 Å². The molecule has 0 aromatic heterocycles. The molecule has 0 spiro atoms. The van der Waals surface area contributed by atoms with Crippen molar-refractivity contribution in [2.24, 2.45) is 0 Å². The fourth-order valence-electron chi connectivity index (χ4n) is 2.85. The maximum Gasteiger partial charge on any atom is 0.235 e. The van der Waals surface area contributed by atoms with Gasteiger partial charge in [-0.15, -0.1) is 0 Å². The molecule has 1 unspecified atom stereocenters. The summed E-state index contributed by atoms with van der Waals surface area (Å²) in [6, 6.07) is 6.06. The molecule has 0 N–H and O–H groups in total. The predicted octanol–water partition coefficient (Wildman–Crippen LogP) is 3.66. The maximum atomic E-state index is 10.4. The number of nitro groups is 1. The minimum Gasteiger partial charge on any atom is -0.369 e. The second kappa shape index (κ2) is 4.68. The molecule has 0 saturated heterocycles. The molecule has 0 bridgehead atoms. The van der Waals surface area contributed by atoms with Crippen molar-refractivity contribution in [3.05, 3.63) is 45.6 Å². The van der Waals surface area contributed by atoms with Crippen LogP contribution in [0.2, 0.25) is 0 Å². The highest BCUT2D eigenvalue weighted by molar-refractivity contribution is 5.64. The molecule has 0 radical (unpaired) electrons. The molecular weight excluding hydrogens is 240 g/mol. The molecule has 0 aliphatic carbocycles. The molecule has 4 nitrogen and oxygen atoms in total. The number of hydrogen-bond acceptors (Lipinski definition) is 3. The van der Waals surface area contributed by atoms with E-state index in [0.29, 0.717) is 5.92 Å². The lowest BCUT2D eigenvalue weighted by Gasteiger charge is -2.45. The van der Waals surface area contributed by atoms with Gasteiger partial charge in [0.1, 0.15) is 0 Å². The Bertz CT molecular complexity index is 535. The molecule has 1 atom stereocenters. The van der Waals surface area contributed by atoms with Gasteiger partial charge in [-0.1, -0.05) is 13.0 Å². The molecule has 1 aliphatic heterocycles. The summed E-state index contributed by atoms with van der Waals surface area (Å²) in [7, 11) is 2.11. The van der Waals surface area contributed by atoms with Gasteiger partial charge in [0, 0.05) is 24.4 Å². The summed E-state index contributed by atoms with van der Waals surface area (Å²) in [5.41, 5.74) is 3.52. The molecule has 0 fully saturated rings. The molecule has 4 heteroatoms. The van der Waals surface area contributed by atoms with E-state index in [4.69, 9.17) is 0 Å². The molecule has 1 aliphatic rings. The third kappa shape index (κ3) is 2.62. The number of rotatable bonds is 2. The third-order valence-electron chi connectivity index (χ3n) is 4.05. The van der Waals surface area contributed by atoms with E-state index in [0.717, 1.165) is 18.2 Å². The van der Waals surface area contributed by atoms with E-state index in [1.807, 2.05) is 6.07 Å². The Morgan fingerprint density at radius 1 is 1.47 bits per heavy atom. The first-order valence-electron chi connectivity index (χ1n) is 6.51. The highest BCUT2D eigenvalue weighted by Gasteiger charge is 2.33. The van der Waals surface area contributed by atoms with Crippen LogP contribution in [-0.4, -0.2) is 17.5 Å². The Morgan fingerprint density at radius 2 is 2.16 bits per heavy atom. The van der Waals surface area contributed by atoms with Crippen LogP contribution in [0.4, 0.5) is 5.69 Å². The standard InChI is InChI=1S/C15H20N2O2/c1-11-10-15(2,3)16(4)14-6-5-12(9-13(11)14)7-8-17(18)19/h5-9,11H,10H2,1-4H3/b8-7+. The quantitative estimate of drug-likeness (QED) is 0.602. The average molecular weight is 260 g/mol. The zero-order chi connectivity index (χ0) is 14.2. The van der Waals surface area contributed by atoms with Gasteiger partial charge >= 0.3 is 0 Å². The van der Waals surface area contributed by atoms with Gasteiger partial charge in [0.05, 0.1) is 4.92 Å². The number of fused-ring (bicyclic) bond motifs is 1. The van der Waals surface area contributed by atoms with Gasteiger partial charge in [-0.3, -0.25) is 10.1 Å². The van der Waals surface area contributed by atoms with E-state index in [-0.39, 0.29) is 5.54 Å². The summed E-state index contributed by atoms with van der Waals surface area (Å²) < 4.78 is 0. The number of nitrogens with zero attached hydrogens (tertiary/aromatic N) is 2. The molecule has 102 valence electrons. The summed E-state index contributed by atoms with van der Waals surface area (Å²) in [4.78, 5) is 12.2. The van der Waals surface area contributed by atoms with Crippen LogP contribution >= 0.6 is 0 Å². The smallest absolute Gasteiger partial charge is 0.235 e. The van der Waals surface area contributed by atoms with Gasteiger partial charge < -0.3 is 4.90 Å². The Kier molecular flexibility index (Phi) is 3.35. The van der Waals surface area contributed by atoms with Crippen molar-refractivity contribution in [2.45, 2.75) is 38.6 Å². The van der Waals surface area contributed by atoms with Crippen LogP contribution in [0.1, 0.15) is 44.2 Å². The first kappa shape index (κ1) is 13.6. The van der Waals surface area contributed by atoms with Crippen LogP contribution < -0.4 is 4.90 Å². The summed E-state index contributed by atoms with van der Waals surface area (Å²) in [6.07, 6.45) is 3.62. The normalized spacial score (nSPS) is 21.5. The number of hydrogen-bond donors (Lipinski definition) is 0. The first-order chi connectivity index (χ1) is 8.81. The second-order valence-corrected chi connectivity index (χ2v) is 5.90. The van der Waals surface area contributed by atoms with E-state index >= 15 is 0 Å². The Hall–Kier alpha value is -1.84. The molecule has 1 heterocycles. The van der Waals surface area contributed by atoms with Crippen LogP contribution in [0.15, 0.2) is 24.4 Å². The Labute approximate surface area is 113 Å². The van der Waals surface area contributed by atoms with Gasteiger partial charge in [-0.05, 0) is 49.4 Å². The van der Waals surface area contributed by atoms with Crippen LogP contribution in [0.25, 0.3) is 6.08 Å². The first-order valence-corrected chi connectivity index (χ1v) is 6.51. The fraction of sp³-hybridized carbons (Fsp3) is 0.467. The van der Waals surface area contributed by atoms with Gasteiger partial charge in [0.15, 0.2) is 0 Å². The number of anilines is 1. The lowest BCUT2D eigenvalue weighted by molar-refractivity contribution is -0.400. The van der Waals surface area contributed by atoms with E-state index in [9.17, 15) is 10.1 Å². The van der Waals surface area contributed by atoms with Gasteiger partial charge in [0.2, 0.25) is 6.20 Å². The molecule has 0 amide bonds. The Balaban J connectivity index is 2.41. The number of benzene rings is 1. The minimum atomic E-state index is -0.432. The molecule has 0 saturated carbocycles. The Morgan fingerprint density at radius 3 is 2.79 bits per heavy atom. The third-order valence-corrected chi connectivity index (χ3v) is 4.05. The lowest BCUT2D eigenvalue weighted by atomic mass is 9.80. The van der Waals surface area contributed by atoms with E-state index in [2.05, 4.69) is 44.9 Å². The monoisotopic (exact) mass is 260 g/mol. The zero-order valence-electron chi connectivity index (χ0n) is 11.9. The van der Waals surface area contributed by atoms with Crippen molar-refractivity contribution in [3.8, 4) is 0 Å². The lowest BCUT2D eigenvalue weighted by Crippen LogP contribution is -2.45. The van der Waals surface area contributed by atoms with Crippen LogP contribution in [-0.2, 0) is 0 Å². The van der Waals surface area contributed by atoms with Gasteiger partial charge in [0.25, 0.3) is 0 Å². The van der Waals surface area contributed by atoms with Crippen LogP contribution in [0.3, 0.4) is 0 Å². The molecule has 2 rings (SSSR count). The van der Waals surface area contributed by atoms with Crippen molar-refractivity contribution in [1.29, 1.82) is 0 Å². The molecule has 1 aromatic rings. The van der Waals surface area contributed by atoms with Crippen molar-refractivity contribution >= 4 is 11.8 Å². The van der Waals surface area contributed by atoms with Crippen molar-refractivity contribution in [1.82, 2.24) is 0 Å². The summed E-state index contributed by atoms with van der Waals surface area (Å²) in [6.45, 7) is 6.70. The summed E-state index contributed by atoms with van der Waals surface area (Å²) in [5, 5.41) is 10.4. The SMILES string of the molecule is CC1CC(C)(C)N(C)c2ccc(/C=C/[N+](=O)[O-])cc21. The van der Waals surface area contributed by atoms with Crippen LogP contribution in [0, 0.1) is 10.1 Å². The highest BCUT2D eigenvalue weighted by Crippen LogP contribution is 2.42. The van der Waals surface area contributed by atoms with Crippen LogP contribution in [0.5, 0.6) is 0 Å². The predicted molar refractivity (Wildman–Crippen MR) is 78.0 cm³/mol. The van der Waals surface area contributed by atoms with E-state index in [1.54, 1.807) is 6.08 Å². The summed E-state index contributed by atoms with van der Waals surface area (Å²) >= 11 is 0. The van der Waals surface area contributed by atoms with Gasteiger partial charge in [-0.25, -0.2) is 0 Å². The average Bonchev–Trinajstić information content (AvgIpc) is 2.33. The van der Waals surface area contributed by atoms with Gasteiger partial charge in [-0.2, -0.15) is 0 Å². The molecule has 19 heavy (non-hydrogen) atoms.